The number of carboxylic acid groups (broad SMARTS) is 1. The molecule has 3 aromatic rings. The highest BCUT2D eigenvalue weighted by atomic mass is 16.4. The maximum absolute atomic E-state index is 11.1. The molecule has 0 aliphatic carbocycles. The van der Waals surface area contributed by atoms with Crippen molar-refractivity contribution in [2.75, 3.05) is 5.32 Å². The molecule has 0 atom stereocenters. The minimum atomic E-state index is -1.16. The number of hydrogen-bond donors (Lipinski definition) is 2. The molecule has 0 amide bonds. The van der Waals surface area contributed by atoms with Crippen LogP contribution in [0.2, 0.25) is 0 Å². The number of benzene rings is 1. The van der Waals surface area contributed by atoms with Gasteiger partial charge in [-0.1, -0.05) is 12.1 Å². The third kappa shape index (κ3) is 2.50. The molecule has 0 aliphatic heterocycles. The first-order chi connectivity index (χ1) is 10.1. The molecular formula is C13H12N6O2. The summed E-state index contributed by atoms with van der Waals surface area (Å²) in [7, 11) is 1.83. The molecule has 0 spiro atoms. The number of hydrogen-bond acceptors (Lipinski definition) is 6. The highest BCUT2D eigenvalue weighted by molar-refractivity contribution is 5.93. The Kier molecular flexibility index (Phi) is 3.19. The predicted molar refractivity (Wildman–Crippen MR) is 74.8 cm³/mol. The zero-order valence-corrected chi connectivity index (χ0v) is 11.2. The maximum atomic E-state index is 11.1. The Labute approximate surface area is 119 Å². The van der Waals surface area contributed by atoms with Gasteiger partial charge in [0.1, 0.15) is 12.1 Å². The molecule has 8 nitrogen and oxygen atoms in total. The fraction of sp³-hybridized carbons (Fsp3) is 0.154. The molecule has 2 aromatic heterocycles. The van der Waals surface area contributed by atoms with Crippen molar-refractivity contribution in [3.8, 4) is 0 Å². The van der Waals surface area contributed by atoms with E-state index in [1.165, 1.54) is 0 Å². The third-order valence-electron chi connectivity index (χ3n) is 3.01. The summed E-state index contributed by atoms with van der Waals surface area (Å²) in [4.78, 5) is 19.2. The zero-order valence-electron chi connectivity index (χ0n) is 11.2. The number of rotatable bonds is 4. The van der Waals surface area contributed by atoms with Gasteiger partial charge in [0.25, 0.3) is 0 Å². The lowest BCUT2D eigenvalue weighted by molar-refractivity contribution is 0.0684. The van der Waals surface area contributed by atoms with E-state index in [0.29, 0.717) is 17.9 Å². The molecule has 21 heavy (non-hydrogen) atoms. The van der Waals surface area contributed by atoms with Gasteiger partial charge in [-0.2, -0.15) is 0 Å². The van der Waals surface area contributed by atoms with E-state index in [-0.39, 0.29) is 5.82 Å². The highest BCUT2D eigenvalue weighted by Gasteiger charge is 2.13. The summed E-state index contributed by atoms with van der Waals surface area (Å²) in [6.45, 7) is 0.385. The van der Waals surface area contributed by atoms with E-state index in [1.807, 2.05) is 19.2 Å². The van der Waals surface area contributed by atoms with Gasteiger partial charge in [-0.25, -0.2) is 14.8 Å². The van der Waals surface area contributed by atoms with Crippen LogP contribution in [0.1, 0.15) is 16.4 Å². The Balaban J connectivity index is 1.99. The van der Waals surface area contributed by atoms with Crippen molar-refractivity contribution in [1.29, 1.82) is 0 Å². The molecule has 0 aliphatic rings. The first kappa shape index (κ1) is 13.0. The standard InChI is InChI=1S/C13H12N6O2/c1-19-7-15-18-10(19)6-14-11-8-4-2-3-5-9(8)16-12(17-11)13(20)21/h2-5,7H,6H2,1H3,(H,20,21)(H,14,16,17). The number of aromatic carboxylic acids is 1. The lowest BCUT2D eigenvalue weighted by atomic mass is 10.2. The number of fused-ring (bicyclic) bond motifs is 1. The quantitative estimate of drug-likeness (QED) is 0.738. The molecule has 0 saturated carbocycles. The SMILES string of the molecule is Cn1cnnc1CNc1nc(C(=O)O)nc2ccccc12. The first-order valence-electron chi connectivity index (χ1n) is 6.22. The van der Waals surface area contributed by atoms with Crippen LogP contribution >= 0.6 is 0 Å². The van der Waals surface area contributed by atoms with Crippen molar-refractivity contribution in [3.63, 3.8) is 0 Å². The number of aryl methyl sites for hydroxylation is 1. The van der Waals surface area contributed by atoms with E-state index in [1.54, 1.807) is 23.0 Å². The van der Waals surface area contributed by atoms with Crippen molar-refractivity contribution in [2.45, 2.75) is 6.54 Å². The minimum absolute atomic E-state index is 0.242. The second kappa shape index (κ2) is 5.16. The molecule has 0 fully saturated rings. The molecule has 2 N–H and O–H groups in total. The van der Waals surface area contributed by atoms with Gasteiger partial charge in [0, 0.05) is 12.4 Å². The van der Waals surface area contributed by atoms with Gasteiger partial charge >= 0.3 is 5.97 Å². The van der Waals surface area contributed by atoms with E-state index in [4.69, 9.17) is 5.11 Å². The Morgan fingerprint density at radius 2 is 2.14 bits per heavy atom. The number of anilines is 1. The Bertz CT molecular complexity index is 813. The Hall–Kier alpha value is -3.03. The van der Waals surface area contributed by atoms with E-state index in [2.05, 4.69) is 25.5 Å². The van der Waals surface area contributed by atoms with Crippen molar-refractivity contribution >= 4 is 22.7 Å². The van der Waals surface area contributed by atoms with E-state index in [9.17, 15) is 4.79 Å². The lowest BCUT2D eigenvalue weighted by Gasteiger charge is -2.09. The summed E-state index contributed by atoms with van der Waals surface area (Å²) in [5, 5.41) is 20.7. The van der Waals surface area contributed by atoms with Gasteiger partial charge in [0.2, 0.25) is 5.82 Å². The van der Waals surface area contributed by atoms with Gasteiger partial charge in [0.15, 0.2) is 5.82 Å². The molecule has 1 aromatic carbocycles. The molecule has 0 bridgehead atoms. The van der Waals surface area contributed by atoms with Gasteiger partial charge in [0.05, 0.1) is 12.1 Å². The number of nitrogens with one attached hydrogen (secondary N) is 1. The summed E-state index contributed by atoms with van der Waals surface area (Å²) in [5.41, 5.74) is 0.574. The summed E-state index contributed by atoms with van der Waals surface area (Å²) >= 11 is 0. The number of para-hydroxylation sites is 1. The molecule has 0 unspecified atom stereocenters. The topological polar surface area (TPSA) is 106 Å². The van der Waals surface area contributed by atoms with Crippen LogP contribution in [0.4, 0.5) is 5.82 Å². The average molecular weight is 284 g/mol. The predicted octanol–water partition coefficient (Wildman–Crippen LogP) is 1.07. The van der Waals surface area contributed by atoms with Crippen LogP contribution < -0.4 is 5.32 Å². The van der Waals surface area contributed by atoms with Crippen LogP contribution in [-0.2, 0) is 13.6 Å². The van der Waals surface area contributed by atoms with Crippen LogP contribution in [0.25, 0.3) is 10.9 Å². The van der Waals surface area contributed by atoms with Gasteiger partial charge in [-0.05, 0) is 12.1 Å². The fourth-order valence-electron chi connectivity index (χ4n) is 1.94. The average Bonchev–Trinajstić information content (AvgIpc) is 2.89. The van der Waals surface area contributed by atoms with Crippen molar-refractivity contribution in [3.05, 3.63) is 42.2 Å². The van der Waals surface area contributed by atoms with E-state index >= 15 is 0 Å². The van der Waals surface area contributed by atoms with Crippen LogP contribution in [0.15, 0.2) is 30.6 Å². The Morgan fingerprint density at radius 3 is 2.86 bits per heavy atom. The maximum Gasteiger partial charge on any atom is 0.374 e. The molecule has 0 radical (unpaired) electrons. The molecule has 8 heteroatoms. The van der Waals surface area contributed by atoms with Crippen molar-refractivity contribution in [1.82, 2.24) is 24.7 Å². The number of aromatic nitrogens is 5. The normalized spacial score (nSPS) is 10.7. The number of carbonyl (C=O) groups is 1. The van der Waals surface area contributed by atoms with E-state index in [0.717, 1.165) is 11.2 Å². The highest BCUT2D eigenvalue weighted by Crippen LogP contribution is 2.20. The van der Waals surface area contributed by atoms with Crippen molar-refractivity contribution in [2.24, 2.45) is 7.05 Å². The van der Waals surface area contributed by atoms with Gasteiger partial charge in [-0.15, -0.1) is 10.2 Å². The van der Waals surface area contributed by atoms with Crippen LogP contribution in [0.5, 0.6) is 0 Å². The molecular weight excluding hydrogens is 272 g/mol. The largest absolute Gasteiger partial charge is 0.475 e. The molecule has 2 heterocycles. The van der Waals surface area contributed by atoms with Crippen LogP contribution in [-0.4, -0.2) is 35.8 Å². The second-order valence-corrected chi connectivity index (χ2v) is 4.43. The zero-order chi connectivity index (χ0) is 14.8. The minimum Gasteiger partial charge on any atom is -0.475 e. The number of nitrogens with zero attached hydrogens (tertiary/aromatic N) is 5. The monoisotopic (exact) mass is 284 g/mol. The second-order valence-electron chi connectivity index (χ2n) is 4.43. The summed E-state index contributed by atoms with van der Waals surface area (Å²) < 4.78 is 1.77. The Morgan fingerprint density at radius 1 is 1.33 bits per heavy atom. The number of carboxylic acids is 1. The molecule has 106 valence electrons. The third-order valence-corrected chi connectivity index (χ3v) is 3.01. The van der Waals surface area contributed by atoms with Crippen LogP contribution in [0, 0.1) is 0 Å². The summed E-state index contributed by atoms with van der Waals surface area (Å²) in [5.74, 6) is -0.229. The van der Waals surface area contributed by atoms with Gasteiger partial charge in [-0.3, -0.25) is 0 Å². The smallest absolute Gasteiger partial charge is 0.374 e. The van der Waals surface area contributed by atoms with Gasteiger partial charge < -0.3 is 15.0 Å². The molecule has 0 saturated heterocycles. The fourth-order valence-corrected chi connectivity index (χ4v) is 1.94. The first-order valence-corrected chi connectivity index (χ1v) is 6.22. The van der Waals surface area contributed by atoms with Crippen molar-refractivity contribution < 1.29 is 9.90 Å². The molecule has 3 rings (SSSR count). The van der Waals surface area contributed by atoms with Crippen LogP contribution in [0.3, 0.4) is 0 Å². The summed E-state index contributed by atoms with van der Waals surface area (Å²) in [6, 6.07) is 7.23. The lowest BCUT2D eigenvalue weighted by Crippen LogP contribution is -2.11. The van der Waals surface area contributed by atoms with E-state index < -0.39 is 5.97 Å². The summed E-state index contributed by atoms with van der Waals surface area (Å²) in [6.07, 6.45) is 1.60.